The van der Waals surface area contributed by atoms with Gasteiger partial charge in [0.15, 0.2) is 5.82 Å². The van der Waals surface area contributed by atoms with Crippen LogP contribution in [-0.4, -0.2) is 31.0 Å². The predicted molar refractivity (Wildman–Crippen MR) is 103 cm³/mol. The Morgan fingerprint density at radius 2 is 1.96 bits per heavy atom. The Morgan fingerprint density at radius 3 is 2.81 bits per heavy atom. The second-order valence-electron chi connectivity index (χ2n) is 6.01. The SMILES string of the molecule is Cc1ccc2c(c1)ncn2-c1ncc(Cl)c(NCCc2ccncc2)n1. The van der Waals surface area contributed by atoms with Crippen molar-refractivity contribution >= 4 is 28.5 Å². The van der Waals surface area contributed by atoms with Gasteiger partial charge in [0.1, 0.15) is 11.3 Å². The summed E-state index contributed by atoms with van der Waals surface area (Å²) >= 11 is 6.26. The Kier molecular flexibility index (Phi) is 4.50. The van der Waals surface area contributed by atoms with E-state index in [-0.39, 0.29) is 0 Å². The van der Waals surface area contributed by atoms with Crippen LogP contribution in [0.25, 0.3) is 17.0 Å². The summed E-state index contributed by atoms with van der Waals surface area (Å²) < 4.78 is 1.86. The molecule has 1 N–H and O–H groups in total. The van der Waals surface area contributed by atoms with Crippen molar-refractivity contribution in [3.05, 3.63) is 71.4 Å². The molecule has 0 bridgehead atoms. The van der Waals surface area contributed by atoms with Crippen molar-refractivity contribution < 1.29 is 0 Å². The summed E-state index contributed by atoms with van der Waals surface area (Å²) in [5.74, 6) is 1.15. The fraction of sp³-hybridized carbons (Fsp3) is 0.158. The molecule has 26 heavy (non-hydrogen) atoms. The topological polar surface area (TPSA) is 68.5 Å². The number of hydrogen-bond acceptors (Lipinski definition) is 5. The first-order valence-corrected chi connectivity index (χ1v) is 8.68. The van der Waals surface area contributed by atoms with E-state index in [1.807, 2.05) is 41.8 Å². The Labute approximate surface area is 155 Å². The molecule has 3 heterocycles. The molecule has 0 aliphatic heterocycles. The van der Waals surface area contributed by atoms with Crippen LogP contribution in [0.15, 0.2) is 55.2 Å². The fourth-order valence-electron chi connectivity index (χ4n) is 2.75. The Morgan fingerprint density at radius 1 is 1.12 bits per heavy atom. The lowest BCUT2D eigenvalue weighted by Crippen LogP contribution is -2.09. The van der Waals surface area contributed by atoms with Crippen molar-refractivity contribution in [1.82, 2.24) is 24.5 Å². The maximum Gasteiger partial charge on any atom is 0.237 e. The van der Waals surface area contributed by atoms with Gasteiger partial charge in [-0.15, -0.1) is 0 Å². The molecule has 0 atom stereocenters. The number of pyridine rings is 1. The van der Waals surface area contributed by atoms with Crippen molar-refractivity contribution in [3.63, 3.8) is 0 Å². The van der Waals surface area contributed by atoms with Crippen molar-refractivity contribution in [1.29, 1.82) is 0 Å². The van der Waals surface area contributed by atoms with Crippen LogP contribution >= 0.6 is 11.6 Å². The van der Waals surface area contributed by atoms with Crippen LogP contribution in [0.3, 0.4) is 0 Å². The summed E-state index contributed by atoms with van der Waals surface area (Å²) in [5.41, 5.74) is 4.24. The van der Waals surface area contributed by atoms with E-state index in [1.54, 1.807) is 24.9 Å². The van der Waals surface area contributed by atoms with Crippen LogP contribution in [0.1, 0.15) is 11.1 Å². The molecule has 4 aromatic rings. The largest absolute Gasteiger partial charge is 0.368 e. The number of aromatic nitrogens is 5. The summed E-state index contributed by atoms with van der Waals surface area (Å²) in [7, 11) is 0. The lowest BCUT2D eigenvalue weighted by atomic mass is 10.2. The van der Waals surface area contributed by atoms with E-state index in [2.05, 4.69) is 25.3 Å². The molecule has 0 spiro atoms. The lowest BCUT2D eigenvalue weighted by molar-refractivity contribution is 0.934. The monoisotopic (exact) mass is 364 g/mol. The first-order chi connectivity index (χ1) is 12.7. The lowest BCUT2D eigenvalue weighted by Gasteiger charge is -2.09. The van der Waals surface area contributed by atoms with E-state index in [9.17, 15) is 0 Å². The average Bonchev–Trinajstić information content (AvgIpc) is 3.07. The van der Waals surface area contributed by atoms with E-state index in [0.29, 0.717) is 23.3 Å². The van der Waals surface area contributed by atoms with Crippen LogP contribution < -0.4 is 5.32 Å². The number of rotatable bonds is 5. The Balaban J connectivity index is 1.57. The van der Waals surface area contributed by atoms with Gasteiger partial charge in [-0.1, -0.05) is 17.7 Å². The second kappa shape index (κ2) is 7.09. The quantitative estimate of drug-likeness (QED) is 0.583. The fourth-order valence-corrected chi connectivity index (χ4v) is 2.91. The molecule has 0 amide bonds. The van der Waals surface area contributed by atoms with E-state index in [0.717, 1.165) is 17.5 Å². The van der Waals surface area contributed by atoms with Gasteiger partial charge in [0.25, 0.3) is 0 Å². The molecule has 0 fully saturated rings. The van der Waals surface area contributed by atoms with Crippen LogP contribution in [0.5, 0.6) is 0 Å². The van der Waals surface area contributed by atoms with E-state index >= 15 is 0 Å². The van der Waals surface area contributed by atoms with Gasteiger partial charge in [-0.25, -0.2) is 9.97 Å². The third-order valence-electron chi connectivity index (χ3n) is 4.11. The minimum Gasteiger partial charge on any atom is -0.368 e. The Hall–Kier alpha value is -2.99. The van der Waals surface area contributed by atoms with Crippen LogP contribution in [0, 0.1) is 6.92 Å². The van der Waals surface area contributed by atoms with Gasteiger partial charge in [-0.05, 0) is 48.7 Å². The number of benzene rings is 1. The molecule has 6 nitrogen and oxygen atoms in total. The highest BCUT2D eigenvalue weighted by Gasteiger charge is 2.10. The van der Waals surface area contributed by atoms with Gasteiger partial charge in [-0.3, -0.25) is 9.55 Å². The van der Waals surface area contributed by atoms with Crippen molar-refractivity contribution in [2.24, 2.45) is 0 Å². The van der Waals surface area contributed by atoms with Crippen LogP contribution in [0.4, 0.5) is 5.82 Å². The second-order valence-corrected chi connectivity index (χ2v) is 6.41. The van der Waals surface area contributed by atoms with E-state index in [4.69, 9.17) is 11.6 Å². The number of anilines is 1. The average molecular weight is 365 g/mol. The summed E-state index contributed by atoms with van der Waals surface area (Å²) in [6.45, 7) is 2.76. The first kappa shape index (κ1) is 16.5. The molecule has 4 rings (SSSR count). The van der Waals surface area contributed by atoms with Crippen molar-refractivity contribution in [3.8, 4) is 5.95 Å². The summed E-state index contributed by atoms with van der Waals surface area (Å²) in [6.07, 6.45) is 7.77. The first-order valence-electron chi connectivity index (χ1n) is 8.30. The molecule has 0 unspecified atom stereocenters. The number of imidazole rings is 1. The third kappa shape index (κ3) is 3.36. The molecule has 1 aromatic carbocycles. The zero-order valence-electron chi connectivity index (χ0n) is 14.2. The standard InChI is InChI=1S/C19H17ClN6/c1-13-2-3-17-16(10-13)24-12-26(17)19-23-11-15(20)18(25-19)22-9-6-14-4-7-21-8-5-14/h2-5,7-8,10-12H,6,9H2,1H3,(H,22,23,25). The minimum atomic E-state index is 0.490. The zero-order valence-corrected chi connectivity index (χ0v) is 15.0. The highest BCUT2D eigenvalue weighted by molar-refractivity contribution is 6.32. The molecule has 0 saturated heterocycles. The molecule has 0 saturated carbocycles. The molecule has 130 valence electrons. The number of nitrogens with zero attached hydrogens (tertiary/aromatic N) is 5. The Bertz CT molecular complexity index is 1040. The highest BCUT2D eigenvalue weighted by Crippen LogP contribution is 2.22. The van der Waals surface area contributed by atoms with Crippen molar-refractivity contribution in [2.45, 2.75) is 13.3 Å². The molecule has 0 aliphatic carbocycles. The summed E-state index contributed by atoms with van der Waals surface area (Å²) in [6, 6.07) is 10.1. The van der Waals surface area contributed by atoms with E-state index < -0.39 is 0 Å². The number of halogens is 1. The smallest absolute Gasteiger partial charge is 0.237 e. The number of aryl methyl sites for hydroxylation is 1. The van der Waals surface area contributed by atoms with Gasteiger partial charge in [0.2, 0.25) is 5.95 Å². The van der Waals surface area contributed by atoms with Gasteiger partial charge in [0, 0.05) is 18.9 Å². The number of hydrogen-bond donors (Lipinski definition) is 1. The van der Waals surface area contributed by atoms with Crippen LogP contribution in [0.2, 0.25) is 5.02 Å². The van der Waals surface area contributed by atoms with Gasteiger partial charge >= 0.3 is 0 Å². The summed E-state index contributed by atoms with van der Waals surface area (Å²) in [5, 5.41) is 3.77. The third-order valence-corrected chi connectivity index (χ3v) is 4.38. The maximum absolute atomic E-state index is 6.26. The van der Waals surface area contributed by atoms with Crippen molar-refractivity contribution in [2.75, 3.05) is 11.9 Å². The maximum atomic E-state index is 6.26. The van der Waals surface area contributed by atoms with Crippen LogP contribution in [-0.2, 0) is 6.42 Å². The molecule has 0 aliphatic rings. The molecule has 7 heteroatoms. The number of fused-ring (bicyclic) bond motifs is 1. The molecular weight excluding hydrogens is 348 g/mol. The molecular formula is C19H17ClN6. The molecule has 0 radical (unpaired) electrons. The summed E-state index contributed by atoms with van der Waals surface area (Å²) in [4.78, 5) is 17.4. The normalized spacial score (nSPS) is 11.0. The molecule has 3 aromatic heterocycles. The van der Waals surface area contributed by atoms with Gasteiger partial charge in [-0.2, -0.15) is 4.98 Å². The number of nitrogens with one attached hydrogen (secondary N) is 1. The predicted octanol–water partition coefficient (Wildman–Crippen LogP) is 3.83. The zero-order chi connectivity index (χ0) is 17.9. The van der Waals surface area contributed by atoms with E-state index in [1.165, 1.54) is 11.1 Å². The highest BCUT2D eigenvalue weighted by atomic mass is 35.5. The minimum absolute atomic E-state index is 0.490. The van der Waals surface area contributed by atoms with Gasteiger partial charge in [0.05, 0.1) is 17.2 Å². The van der Waals surface area contributed by atoms with Gasteiger partial charge < -0.3 is 5.32 Å².